The smallest absolute Gasteiger partial charge is 0.153 e. The molecule has 3 heterocycles. The van der Waals surface area contributed by atoms with Crippen molar-refractivity contribution >= 4 is 0 Å². The van der Waals surface area contributed by atoms with E-state index in [1.807, 2.05) is 6.20 Å². The number of rotatable bonds is 7. The van der Waals surface area contributed by atoms with Crippen molar-refractivity contribution in [3.05, 3.63) is 41.5 Å². The minimum absolute atomic E-state index is 0.213. The van der Waals surface area contributed by atoms with Crippen molar-refractivity contribution in [2.24, 2.45) is 0 Å². The SMILES string of the molecule is CC(C)c1ncc(CC(C)c2n[nH]c(CC(C)c3ncn[nH]3)n2)[nH]1. The van der Waals surface area contributed by atoms with E-state index in [-0.39, 0.29) is 11.8 Å². The number of aromatic nitrogens is 8. The Balaban J connectivity index is 1.61. The van der Waals surface area contributed by atoms with Crippen LogP contribution in [0.4, 0.5) is 0 Å². The Morgan fingerprint density at radius 2 is 1.79 bits per heavy atom. The number of nitrogens with zero attached hydrogens (tertiary/aromatic N) is 5. The standard InChI is InChI=1S/C16H24N8/c1-9(2)14-17-7-12(20-14)5-10(3)16-21-13(22-24-16)6-11(4)15-18-8-19-23-15/h7-11H,5-6H2,1-4H3,(H,17,20)(H,18,19,23)(H,21,22,24). The first kappa shape index (κ1) is 16.4. The lowest BCUT2D eigenvalue weighted by atomic mass is 10.1. The lowest BCUT2D eigenvalue weighted by Gasteiger charge is -2.06. The first-order valence-corrected chi connectivity index (χ1v) is 8.33. The Morgan fingerprint density at radius 3 is 2.46 bits per heavy atom. The van der Waals surface area contributed by atoms with Gasteiger partial charge in [-0.1, -0.05) is 27.7 Å². The molecule has 2 atom stereocenters. The van der Waals surface area contributed by atoms with Crippen LogP contribution in [0.2, 0.25) is 0 Å². The van der Waals surface area contributed by atoms with E-state index in [9.17, 15) is 0 Å². The van der Waals surface area contributed by atoms with E-state index in [1.54, 1.807) is 0 Å². The molecule has 0 spiro atoms. The highest BCUT2D eigenvalue weighted by molar-refractivity contribution is 5.09. The molecule has 3 aromatic rings. The van der Waals surface area contributed by atoms with E-state index in [1.165, 1.54) is 6.33 Å². The van der Waals surface area contributed by atoms with Gasteiger partial charge in [0.05, 0.1) is 0 Å². The van der Waals surface area contributed by atoms with Crippen molar-refractivity contribution in [3.8, 4) is 0 Å². The van der Waals surface area contributed by atoms with Gasteiger partial charge in [0, 0.05) is 36.1 Å². The molecule has 128 valence electrons. The normalized spacial score (nSPS) is 14.2. The summed E-state index contributed by atoms with van der Waals surface area (Å²) in [4.78, 5) is 16.6. The van der Waals surface area contributed by atoms with Gasteiger partial charge in [-0.2, -0.15) is 10.2 Å². The van der Waals surface area contributed by atoms with Crippen LogP contribution in [0, 0.1) is 0 Å². The summed E-state index contributed by atoms with van der Waals surface area (Å²) >= 11 is 0. The maximum Gasteiger partial charge on any atom is 0.153 e. The molecule has 8 heteroatoms. The van der Waals surface area contributed by atoms with E-state index in [2.05, 4.69) is 68.0 Å². The van der Waals surface area contributed by atoms with E-state index in [0.29, 0.717) is 5.92 Å². The predicted molar refractivity (Wildman–Crippen MR) is 89.7 cm³/mol. The van der Waals surface area contributed by atoms with Gasteiger partial charge in [0.15, 0.2) is 5.82 Å². The molecule has 0 bridgehead atoms. The molecule has 0 aliphatic carbocycles. The van der Waals surface area contributed by atoms with Crippen LogP contribution in [-0.2, 0) is 12.8 Å². The molecule has 0 radical (unpaired) electrons. The Morgan fingerprint density at radius 1 is 0.958 bits per heavy atom. The Bertz CT molecular complexity index is 755. The second-order valence-electron chi connectivity index (χ2n) is 6.67. The molecule has 0 aromatic carbocycles. The number of nitrogens with one attached hydrogen (secondary N) is 3. The van der Waals surface area contributed by atoms with Gasteiger partial charge in [-0.25, -0.2) is 15.0 Å². The lowest BCUT2D eigenvalue weighted by molar-refractivity contribution is 0.670. The third-order valence-corrected chi connectivity index (χ3v) is 4.11. The molecule has 0 saturated carbocycles. The highest BCUT2D eigenvalue weighted by Gasteiger charge is 2.17. The third kappa shape index (κ3) is 3.69. The second kappa shape index (κ2) is 6.94. The Labute approximate surface area is 140 Å². The van der Waals surface area contributed by atoms with E-state index < -0.39 is 0 Å². The average molecular weight is 328 g/mol. The van der Waals surface area contributed by atoms with Gasteiger partial charge in [0.25, 0.3) is 0 Å². The van der Waals surface area contributed by atoms with Crippen molar-refractivity contribution < 1.29 is 0 Å². The molecule has 24 heavy (non-hydrogen) atoms. The van der Waals surface area contributed by atoms with Gasteiger partial charge in [-0.15, -0.1) is 0 Å². The first-order chi connectivity index (χ1) is 11.5. The van der Waals surface area contributed by atoms with Crippen LogP contribution in [-0.4, -0.2) is 40.3 Å². The zero-order valence-corrected chi connectivity index (χ0v) is 14.5. The summed E-state index contributed by atoms with van der Waals surface area (Å²) in [5, 5.41) is 14.2. The fourth-order valence-corrected chi connectivity index (χ4v) is 2.66. The van der Waals surface area contributed by atoms with Crippen LogP contribution in [0.3, 0.4) is 0 Å². The predicted octanol–water partition coefficient (Wildman–Crippen LogP) is 2.46. The highest BCUT2D eigenvalue weighted by atomic mass is 15.2. The second-order valence-corrected chi connectivity index (χ2v) is 6.67. The van der Waals surface area contributed by atoms with Gasteiger partial charge in [-0.05, 0) is 6.42 Å². The summed E-state index contributed by atoms with van der Waals surface area (Å²) in [7, 11) is 0. The molecule has 0 amide bonds. The summed E-state index contributed by atoms with van der Waals surface area (Å²) in [5.74, 6) is 4.42. The van der Waals surface area contributed by atoms with Crippen molar-refractivity contribution in [3.63, 3.8) is 0 Å². The van der Waals surface area contributed by atoms with Crippen LogP contribution in [0.25, 0.3) is 0 Å². The van der Waals surface area contributed by atoms with Gasteiger partial charge in [-0.3, -0.25) is 10.2 Å². The van der Waals surface area contributed by atoms with Crippen LogP contribution in [0.1, 0.15) is 74.4 Å². The number of hydrogen-bond acceptors (Lipinski definition) is 5. The van der Waals surface area contributed by atoms with Gasteiger partial charge in [0.2, 0.25) is 0 Å². The quantitative estimate of drug-likeness (QED) is 0.617. The summed E-state index contributed by atoms with van der Waals surface area (Å²) in [5.41, 5.74) is 1.12. The minimum Gasteiger partial charge on any atom is -0.346 e. The lowest BCUT2D eigenvalue weighted by Crippen LogP contribution is -2.04. The maximum atomic E-state index is 4.64. The van der Waals surface area contributed by atoms with Crippen LogP contribution < -0.4 is 0 Å². The minimum atomic E-state index is 0.213. The van der Waals surface area contributed by atoms with E-state index >= 15 is 0 Å². The van der Waals surface area contributed by atoms with Crippen molar-refractivity contribution in [1.82, 2.24) is 40.3 Å². The van der Waals surface area contributed by atoms with Crippen molar-refractivity contribution in [1.29, 1.82) is 0 Å². The van der Waals surface area contributed by atoms with E-state index in [0.717, 1.165) is 41.8 Å². The molecule has 2 unspecified atom stereocenters. The van der Waals surface area contributed by atoms with E-state index in [4.69, 9.17) is 0 Å². The fraction of sp³-hybridized carbons (Fsp3) is 0.562. The molecular formula is C16H24N8. The molecule has 3 rings (SSSR count). The van der Waals surface area contributed by atoms with Gasteiger partial charge in [0.1, 0.15) is 23.8 Å². The number of imidazole rings is 1. The summed E-state index contributed by atoms with van der Waals surface area (Å²) in [6.07, 6.45) is 5.02. The maximum absolute atomic E-state index is 4.64. The first-order valence-electron chi connectivity index (χ1n) is 8.33. The number of H-pyrrole nitrogens is 3. The monoisotopic (exact) mass is 328 g/mol. The van der Waals surface area contributed by atoms with Crippen LogP contribution >= 0.6 is 0 Å². The molecule has 8 nitrogen and oxygen atoms in total. The topological polar surface area (TPSA) is 112 Å². The molecule has 0 fully saturated rings. The van der Waals surface area contributed by atoms with Gasteiger partial charge >= 0.3 is 0 Å². The largest absolute Gasteiger partial charge is 0.346 e. The molecule has 0 aliphatic rings. The van der Waals surface area contributed by atoms with Crippen LogP contribution in [0.15, 0.2) is 12.5 Å². The summed E-state index contributed by atoms with van der Waals surface area (Å²) < 4.78 is 0. The zero-order valence-electron chi connectivity index (χ0n) is 14.5. The Kier molecular flexibility index (Phi) is 4.73. The number of aromatic amines is 3. The summed E-state index contributed by atoms with van der Waals surface area (Å²) in [6, 6.07) is 0. The molecular weight excluding hydrogens is 304 g/mol. The molecule has 3 aromatic heterocycles. The highest BCUT2D eigenvalue weighted by Crippen LogP contribution is 2.19. The Hall–Kier alpha value is -2.51. The average Bonchev–Trinajstić information content (AvgIpc) is 3.28. The van der Waals surface area contributed by atoms with Crippen LogP contribution in [0.5, 0.6) is 0 Å². The fourth-order valence-electron chi connectivity index (χ4n) is 2.66. The van der Waals surface area contributed by atoms with Crippen molar-refractivity contribution in [2.75, 3.05) is 0 Å². The summed E-state index contributed by atoms with van der Waals surface area (Å²) in [6.45, 7) is 8.47. The third-order valence-electron chi connectivity index (χ3n) is 4.11. The molecule has 0 aliphatic heterocycles. The zero-order chi connectivity index (χ0) is 17.1. The number of hydrogen-bond donors (Lipinski definition) is 3. The van der Waals surface area contributed by atoms with Crippen molar-refractivity contribution in [2.45, 2.75) is 58.3 Å². The molecule has 0 saturated heterocycles. The van der Waals surface area contributed by atoms with Gasteiger partial charge < -0.3 is 4.98 Å². The molecule has 3 N–H and O–H groups in total.